The first-order valence-electron chi connectivity index (χ1n) is 10.4. The van der Waals surface area contributed by atoms with Crippen LogP contribution in [0.25, 0.3) is 10.2 Å². The number of hydrogen-bond donors (Lipinski definition) is 2. The van der Waals surface area contributed by atoms with Crippen molar-refractivity contribution >= 4 is 68.3 Å². The van der Waals surface area contributed by atoms with Crippen molar-refractivity contribution in [2.24, 2.45) is 23.7 Å². The molecule has 0 unspecified atom stereocenters. The molecule has 2 aliphatic rings. The van der Waals surface area contributed by atoms with Gasteiger partial charge in [0.2, 0.25) is 5.91 Å². The minimum absolute atomic E-state index is 0.00299. The SMILES string of the molecule is O=C(CSc1nc2ccc(NC(=O)[C@H]3[C@H](C(=O)O)[C@H]4C=C[C@H]3C4)cc2s1)c1ccc(Cl)cc1. The van der Waals surface area contributed by atoms with E-state index in [1.807, 2.05) is 24.3 Å². The maximum absolute atomic E-state index is 12.9. The second-order valence-electron chi connectivity index (χ2n) is 8.21. The number of amides is 1. The van der Waals surface area contributed by atoms with Gasteiger partial charge in [0, 0.05) is 16.3 Å². The molecule has 5 rings (SSSR count). The Morgan fingerprint density at radius 1 is 1.09 bits per heavy atom. The van der Waals surface area contributed by atoms with Crippen molar-refractivity contribution in [1.29, 1.82) is 0 Å². The van der Waals surface area contributed by atoms with E-state index in [0.717, 1.165) is 21.0 Å². The molecule has 1 aromatic heterocycles. The fourth-order valence-corrected chi connectivity index (χ4v) is 6.76. The van der Waals surface area contributed by atoms with Gasteiger partial charge >= 0.3 is 5.97 Å². The van der Waals surface area contributed by atoms with E-state index >= 15 is 0 Å². The van der Waals surface area contributed by atoms with Gasteiger partial charge in [-0.25, -0.2) is 4.98 Å². The Morgan fingerprint density at radius 3 is 2.55 bits per heavy atom. The average Bonchev–Trinajstić information content (AvgIpc) is 3.51. The number of carboxylic acids is 1. The van der Waals surface area contributed by atoms with Gasteiger partial charge in [0.15, 0.2) is 10.1 Å². The number of thiazole rings is 1. The van der Waals surface area contributed by atoms with Crippen molar-refractivity contribution in [3.63, 3.8) is 0 Å². The van der Waals surface area contributed by atoms with E-state index in [4.69, 9.17) is 11.6 Å². The molecule has 0 spiro atoms. The number of Topliss-reactive ketones (excluding diaryl/α,β-unsaturated/α-hetero) is 1. The molecule has 1 amide bonds. The number of fused-ring (bicyclic) bond motifs is 3. The van der Waals surface area contributed by atoms with Gasteiger partial charge in [-0.05, 0) is 60.7 Å². The van der Waals surface area contributed by atoms with Crippen LogP contribution < -0.4 is 5.32 Å². The number of thioether (sulfide) groups is 1. The number of rotatable bonds is 7. The summed E-state index contributed by atoms with van der Waals surface area (Å²) in [6.07, 6.45) is 4.61. The van der Waals surface area contributed by atoms with Crippen molar-refractivity contribution in [3.05, 3.63) is 65.2 Å². The van der Waals surface area contributed by atoms with Gasteiger partial charge in [-0.1, -0.05) is 35.5 Å². The Hall–Kier alpha value is -2.68. The topological polar surface area (TPSA) is 96.4 Å². The van der Waals surface area contributed by atoms with Crippen LogP contribution in [0.1, 0.15) is 16.8 Å². The van der Waals surface area contributed by atoms with Gasteiger partial charge in [0.05, 0.1) is 27.8 Å². The van der Waals surface area contributed by atoms with Crippen LogP contribution in [0.2, 0.25) is 5.02 Å². The highest BCUT2D eigenvalue weighted by molar-refractivity contribution is 8.01. The first-order valence-corrected chi connectivity index (χ1v) is 12.6. The van der Waals surface area contributed by atoms with Crippen LogP contribution in [0.4, 0.5) is 5.69 Å². The normalized spacial score (nSPS) is 23.2. The molecule has 0 radical (unpaired) electrons. The van der Waals surface area contributed by atoms with Crippen molar-refractivity contribution < 1.29 is 19.5 Å². The molecule has 2 bridgehead atoms. The summed E-state index contributed by atoms with van der Waals surface area (Å²) in [6, 6.07) is 12.2. The highest BCUT2D eigenvalue weighted by atomic mass is 35.5. The number of anilines is 1. The van der Waals surface area contributed by atoms with E-state index in [0.29, 0.717) is 16.3 Å². The molecule has 9 heteroatoms. The smallest absolute Gasteiger partial charge is 0.307 e. The molecule has 2 aromatic carbocycles. The molecule has 2 N–H and O–H groups in total. The lowest BCUT2D eigenvalue weighted by Crippen LogP contribution is -2.36. The Labute approximate surface area is 203 Å². The van der Waals surface area contributed by atoms with E-state index in [9.17, 15) is 19.5 Å². The zero-order chi connectivity index (χ0) is 23.1. The van der Waals surface area contributed by atoms with Crippen LogP contribution in [-0.4, -0.2) is 33.5 Å². The van der Waals surface area contributed by atoms with Crippen LogP contribution in [0.3, 0.4) is 0 Å². The summed E-state index contributed by atoms with van der Waals surface area (Å²) in [4.78, 5) is 41.6. The number of benzene rings is 2. The number of allylic oxidation sites excluding steroid dienone is 2. The second-order valence-corrected chi connectivity index (χ2v) is 10.9. The molecule has 0 saturated heterocycles. The number of carbonyl (C=O) groups is 3. The molecule has 4 atom stereocenters. The molecule has 6 nitrogen and oxygen atoms in total. The predicted molar refractivity (Wildman–Crippen MR) is 130 cm³/mol. The summed E-state index contributed by atoms with van der Waals surface area (Å²) in [6.45, 7) is 0. The zero-order valence-electron chi connectivity index (χ0n) is 17.2. The van der Waals surface area contributed by atoms with Crippen LogP contribution in [-0.2, 0) is 9.59 Å². The predicted octanol–water partition coefficient (Wildman–Crippen LogP) is 5.39. The number of hydrogen-bond acceptors (Lipinski definition) is 6. The molecule has 33 heavy (non-hydrogen) atoms. The molecule has 1 fully saturated rings. The first-order chi connectivity index (χ1) is 15.9. The Bertz CT molecular complexity index is 1290. The third kappa shape index (κ3) is 4.43. The maximum Gasteiger partial charge on any atom is 0.307 e. The lowest BCUT2D eigenvalue weighted by atomic mass is 9.82. The fourth-order valence-electron chi connectivity index (χ4n) is 4.63. The highest BCUT2D eigenvalue weighted by Gasteiger charge is 2.51. The summed E-state index contributed by atoms with van der Waals surface area (Å²) in [7, 11) is 0. The third-order valence-electron chi connectivity index (χ3n) is 6.18. The Morgan fingerprint density at radius 2 is 1.82 bits per heavy atom. The van der Waals surface area contributed by atoms with Gasteiger partial charge in [0.1, 0.15) is 0 Å². The monoisotopic (exact) mass is 498 g/mol. The number of ketones is 1. The molecular formula is C24H19ClN2O4S2. The lowest BCUT2D eigenvalue weighted by Gasteiger charge is -2.23. The molecule has 2 aliphatic carbocycles. The Balaban J connectivity index is 1.26. The minimum atomic E-state index is -0.917. The number of carboxylic acid groups (broad SMARTS) is 1. The third-order valence-corrected chi connectivity index (χ3v) is 8.59. The highest BCUT2D eigenvalue weighted by Crippen LogP contribution is 2.48. The van der Waals surface area contributed by atoms with Crippen molar-refractivity contribution in [3.8, 4) is 0 Å². The summed E-state index contributed by atoms with van der Waals surface area (Å²) in [5.74, 6) is -2.23. The van der Waals surface area contributed by atoms with Gasteiger partial charge in [0.25, 0.3) is 0 Å². The fraction of sp³-hybridized carbons (Fsp3) is 0.250. The van der Waals surface area contributed by atoms with Crippen LogP contribution in [0.15, 0.2) is 59.0 Å². The Kier molecular flexibility index (Phi) is 5.99. The molecule has 168 valence electrons. The average molecular weight is 499 g/mol. The minimum Gasteiger partial charge on any atom is -0.481 e. The van der Waals surface area contributed by atoms with E-state index in [1.54, 1.807) is 30.3 Å². The van der Waals surface area contributed by atoms with Crippen molar-refractivity contribution in [1.82, 2.24) is 4.98 Å². The molecule has 0 aliphatic heterocycles. The molecule has 1 heterocycles. The summed E-state index contributed by atoms with van der Waals surface area (Å²) < 4.78 is 1.65. The number of halogens is 1. The lowest BCUT2D eigenvalue weighted by molar-refractivity contribution is -0.146. The van der Waals surface area contributed by atoms with Gasteiger partial charge < -0.3 is 10.4 Å². The van der Waals surface area contributed by atoms with Gasteiger partial charge in [-0.2, -0.15) is 0 Å². The number of aromatic nitrogens is 1. The summed E-state index contributed by atoms with van der Waals surface area (Å²) >= 11 is 8.69. The van der Waals surface area contributed by atoms with Crippen molar-refractivity contribution in [2.75, 3.05) is 11.1 Å². The van der Waals surface area contributed by atoms with Crippen LogP contribution in [0, 0.1) is 23.7 Å². The van der Waals surface area contributed by atoms with Crippen LogP contribution >= 0.6 is 34.7 Å². The maximum atomic E-state index is 12.9. The number of nitrogens with zero attached hydrogens (tertiary/aromatic N) is 1. The van der Waals surface area contributed by atoms with Gasteiger partial charge in [-0.15, -0.1) is 11.3 Å². The van der Waals surface area contributed by atoms with Crippen LogP contribution in [0.5, 0.6) is 0 Å². The molecular weight excluding hydrogens is 480 g/mol. The number of nitrogens with one attached hydrogen (secondary N) is 1. The zero-order valence-corrected chi connectivity index (χ0v) is 19.6. The second kappa shape index (κ2) is 8.93. The first kappa shape index (κ1) is 22.1. The molecule has 1 saturated carbocycles. The van der Waals surface area contributed by atoms with E-state index < -0.39 is 17.8 Å². The summed E-state index contributed by atoms with van der Waals surface area (Å²) in [5.41, 5.74) is 2.00. The number of carbonyl (C=O) groups excluding carboxylic acids is 2. The number of aliphatic carboxylic acids is 1. The standard InChI is InChI=1S/C24H19ClN2O4S2/c25-15-5-3-12(4-6-15)18(28)11-32-24-27-17-8-7-16(10-19(17)33-24)26-22(29)20-13-1-2-14(9-13)21(20)23(30)31/h1-8,10,13-14,20-21H,9,11H2,(H,26,29)(H,30,31)/t13-,14-,20+,21+/m0/s1. The summed E-state index contributed by atoms with van der Waals surface area (Å²) in [5, 5.41) is 13.1. The molecule has 3 aromatic rings. The van der Waals surface area contributed by atoms with E-state index in [-0.39, 0.29) is 29.3 Å². The largest absolute Gasteiger partial charge is 0.481 e. The van der Waals surface area contributed by atoms with E-state index in [2.05, 4.69) is 10.3 Å². The van der Waals surface area contributed by atoms with E-state index in [1.165, 1.54) is 23.1 Å². The quantitative estimate of drug-likeness (QED) is 0.258. The van der Waals surface area contributed by atoms with Gasteiger partial charge in [-0.3, -0.25) is 14.4 Å². The van der Waals surface area contributed by atoms with Crippen molar-refractivity contribution in [2.45, 2.75) is 10.8 Å².